The van der Waals surface area contributed by atoms with Gasteiger partial charge in [0.25, 0.3) is 5.91 Å². The zero-order valence-electron chi connectivity index (χ0n) is 14.6. The molecule has 0 aliphatic carbocycles. The summed E-state index contributed by atoms with van der Waals surface area (Å²) in [4.78, 5) is 33.8. The molecule has 4 rings (SSSR count). The first-order valence-corrected chi connectivity index (χ1v) is 8.89. The van der Waals surface area contributed by atoms with E-state index in [2.05, 4.69) is 9.88 Å². The lowest BCUT2D eigenvalue weighted by molar-refractivity contribution is -0.120. The highest BCUT2D eigenvalue weighted by molar-refractivity contribution is 5.96. The molecule has 1 saturated heterocycles. The fourth-order valence-corrected chi connectivity index (χ4v) is 3.45. The van der Waals surface area contributed by atoms with Crippen LogP contribution in [0.4, 0.5) is 5.69 Å². The number of hydrogen-bond donors (Lipinski definition) is 1. The standard InChI is InChI=1S/C19H22N4O3/c24-18(23-12-13-26-17-6-2-1-5-16(17)23)14-21-8-10-22(11-9-21)19(25)15-4-3-7-20-15/h1-7,20H,8-14H2. The van der Waals surface area contributed by atoms with Crippen molar-refractivity contribution in [1.82, 2.24) is 14.8 Å². The van der Waals surface area contributed by atoms with Crippen LogP contribution in [0.1, 0.15) is 10.5 Å². The number of carbonyl (C=O) groups excluding carboxylic acids is 2. The molecule has 0 saturated carbocycles. The van der Waals surface area contributed by atoms with E-state index in [4.69, 9.17) is 4.74 Å². The molecule has 2 amide bonds. The second-order valence-corrected chi connectivity index (χ2v) is 6.51. The highest BCUT2D eigenvalue weighted by Crippen LogP contribution is 2.31. The van der Waals surface area contributed by atoms with Gasteiger partial charge in [-0.25, -0.2) is 0 Å². The van der Waals surface area contributed by atoms with Crippen molar-refractivity contribution in [1.29, 1.82) is 0 Å². The van der Waals surface area contributed by atoms with E-state index in [1.165, 1.54) is 0 Å². The lowest BCUT2D eigenvalue weighted by atomic mass is 10.2. The maximum atomic E-state index is 12.8. The van der Waals surface area contributed by atoms with Crippen molar-refractivity contribution < 1.29 is 14.3 Å². The number of aromatic amines is 1. The number of aromatic nitrogens is 1. The van der Waals surface area contributed by atoms with E-state index in [-0.39, 0.29) is 11.8 Å². The van der Waals surface area contributed by atoms with Gasteiger partial charge in [-0.1, -0.05) is 12.1 Å². The lowest BCUT2D eigenvalue weighted by Gasteiger charge is -2.36. The summed E-state index contributed by atoms with van der Waals surface area (Å²) in [6, 6.07) is 11.2. The second kappa shape index (κ2) is 7.21. The monoisotopic (exact) mass is 354 g/mol. The molecule has 0 radical (unpaired) electrons. The molecular weight excluding hydrogens is 332 g/mol. The van der Waals surface area contributed by atoms with Gasteiger partial charge in [-0.15, -0.1) is 0 Å². The molecule has 7 heteroatoms. The molecular formula is C19H22N4O3. The number of nitrogens with one attached hydrogen (secondary N) is 1. The zero-order chi connectivity index (χ0) is 17.9. The Morgan fingerprint density at radius 3 is 2.58 bits per heavy atom. The molecule has 136 valence electrons. The molecule has 2 aliphatic heterocycles. The van der Waals surface area contributed by atoms with Crippen molar-refractivity contribution >= 4 is 17.5 Å². The van der Waals surface area contributed by atoms with E-state index in [1.807, 2.05) is 35.2 Å². The Hall–Kier alpha value is -2.80. The SMILES string of the molecule is O=C(c1ccc[nH]1)N1CCN(CC(=O)N2CCOc3ccccc32)CC1. The molecule has 0 bridgehead atoms. The van der Waals surface area contributed by atoms with Gasteiger partial charge in [-0.3, -0.25) is 14.5 Å². The topological polar surface area (TPSA) is 68.9 Å². The van der Waals surface area contributed by atoms with Crippen LogP contribution in [0.15, 0.2) is 42.6 Å². The number of hydrogen-bond acceptors (Lipinski definition) is 4. The van der Waals surface area contributed by atoms with Crippen molar-refractivity contribution in [3.05, 3.63) is 48.3 Å². The molecule has 0 atom stereocenters. The summed E-state index contributed by atoms with van der Waals surface area (Å²) in [5, 5.41) is 0. The van der Waals surface area contributed by atoms with Gasteiger partial charge in [-0.05, 0) is 24.3 Å². The Morgan fingerprint density at radius 1 is 1.00 bits per heavy atom. The highest BCUT2D eigenvalue weighted by atomic mass is 16.5. The van der Waals surface area contributed by atoms with Crippen molar-refractivity contribution in [3.63, 3.8) is 0 Å². The first-order chi connectivity index (χ1) is 12.7. The van der Waals surface area contributed by atoms with Crippen LogP contribution in [0.3, 0.4) is 0 Å². The largest absolute Gasteiger partial charge is 0.490 e. The minimum atomic E-state index is 0.0167. The zero-order valence-corrected chi connectivity index (χ0v) is 14.6. The minimum absolute atomic E-state index is 0.0167. The van der Waals surface area contributed by atoms with Gasteiger partial charge >= 0.3 is 0 Å². The van der Waals surface area contributed by atoms with Crippen molar-refractivity contribution in [2.45, 2.75) is 0 Å². The summed E-state index contributed by atoms with van der Waals surface area (Å²) >= 11 is 0. The van der Waals surface area contributed by atoms with Gasteiger partial charge < -0.3 is 19.5 Å². The Morgan fingerprint density at radius 2 is 1.81 bits per heavy atom. The molecule has 3 heterocycles. The summed E-state index contributed by atoms with van der Waals surface area (Å²) < 4.78 is 5.62. The number of amides is 2. The van der Waals surface area contributed by atoms with Crippen molar-refractivity contribution in [2.24, 2.45) is 0 Å². The fraction of sp³-hybridized carbons (Fsp3) is 0.368. The molecule has 1 aromatic carbocycles. The van der Waals surface area contributed by atoms with Crippen LogP contribution in [0.5, 0.6) is 5.75 Å². The van der Waals surface area contributed by atoms with Gasteiger partial charge in [-0.2, -0.15) is 0 Å². The number of benzene rings is 1. The maximum Gasteiger partial charge on any atom is 0.270 e. The summed E-state index contributed by atoms with van der Waals surface area (Å²) in [6.45, 7) is 4.10. The number of anilines is 1. The average molecular weight is 354 g/mol. The normalized spacial score (nSPS) is 17.5. The number of rotatable bonds is 3. The molecule has 7 nitrogen and oxygen atoms in total. The Balaban J connectivity index is 1.34. The van der Waals surface area contributed by atoms with E-state index in [1.54, 1.807) is 17.2 Å². The van der Waals surface area contributed by atoms with Crippen LogP contribution in [0.25, 0.3) is 0 Å². The van der Waals surface area contributed by atoms with E-state index >= 15 is 0 Å². The van der Waals surface area contributed by atoms with Gasteiger partial charge in [0.05, 0.1) is 18.8 Å². The minimum Gasteiger partial charge on any atom is -0.490 e. The molecule has 2 aromatic rings. The van der Waals surface area contributed by atoms with Crippen molar-refractivity contribution in [2.75, 3.05) is 50.8 Å². The van der Waals surface area contributed by atoms with Crippen LogP contribution >= 0.6 is 0 Å². The van der Waals surface area contributed by atoms with Crippen LogP contribution in [-0.4, -0.2) is 72.5 Å². The molecule has 1 fully saturated rings. The fourth-order valence-electron chi connectivity index (χ4n) is 3.45. The van der Waals surface area contributed by atoms with Crippen LogP contribution in [0, 0.1) is 0 Å². The third-order valence-electron chi connectivity index (χ3n) is 4.88. The smallest absolute Gasteiger partial charge is 0.270 e. The van der Waals surface area contributed by atoms with Gasteiger partial charge in [0, 0.05) is 32.4 Å². The van der Waals surface area contributed by atoms with Gasteiger partial charge in [0.2, 0.25) is 5.91 Å². The first-order valence-electron chi connectivity index (χ1n) is 8.89. The van der Waals surface area contributed by atoms with Crippen LogP contribution in [-0.2, 0) is 4.79 Å². The summed E-state index contributed by atoms with van der Waals surface area (Å²) in [6.07, 6.45) is 1.75. The molecule has 0 spiro atoms. The van der Waals surface area contributed by atoms with E-state index < -0.39 is 0 Å². The van der Waals surface area contributed by atoms with Gasteiger partial charge in [0.15, 0.2) is 0 Å². The third kappa shape index (κ3) is 3.30. The average Bonchev–Trinajstić information content (AvgIpc) is 3.22. The number of piperazine rings is 1. The van der Waals surface area contributed by atoms with Crippen LogP contribution < -0.4 is 9.64 Å². The second-order valence-electron chi connectivity index (χ2n) is 6.51. The summed E-state index contributed by atoms with van der Waals surface area (Å²) in [7, 11) is 0. The third-order valence-corrected chi connectivity index (χ3v) is 4.88. The first kappa shape index (κ1) is 16.7. The quantitative estimate of drug-likeness (QED) is 0.899. The van der Waals surface area contributed by atoms with Gasteiger partial charge in [0.1, 0.15) is 18.1 Å². The number of H-pyrrole nitrogens is 1. The molecule has 26 heavy (non-hydrogen) atoms. The number of fused-ring (bicyclic) bond motifs is 1. The molecule has 0 unspecified atom stereocenters. The summed E-state index contributed by atoms with van der Waals surface area (Å²) in [5.74, 6) is 0.849. The van der Waals surface area contributed by atoms with E-state index in [0.717, 1.165) is 11.4 Å². The number of ether oxygens (including phenoxy) is 1. The molecule has 2 aliphatic rings. The van der Waals surface area contributed by atoms with Crippen molar-refractivity contribution in [3.8, 4) is 5.75 Å². The summed E-state index contributed by atoms with van der Waals surface area (Å²) in [5.41, 5.74) is 1.45. The Bertz CT molecular complexity index is 782. The maximum absolute atomic E-state index is 12.8. The van der Waals surface area contributed by atoms with E-state index in [0.29, 0.717) is 51.6 Å². The molecule has 1 aromatic heterocycles. The lowest BCUT2D eigenvalue weighted by Crippen LogP contribution is -2.52. The Kier molecular flexibility index (Phi) is 4.62. The Labute approximate surface area is 152 Å². The predicted molar refractivity (Wildman–Crippen MR) is 97.4 cm³/mol. The number of para-hydroxylation sites is 2. The predicted octanol–water partition coefficient (Wildman–Crippen LogP) is 1.20. The van der Waals surface area contributed by atoms with E-state index in [9.17, 15) is 9.59 Å². The van der Waals surface area contributed by atoms with Crippen LogP contribution in [0.2, 0.25) is 0 Å². The highest BCUT2D eigenvalue weighted by Gasteiger charge is 2.27. The number of nitrogens with zero attached hydrogens (tertiary/aromatic N) is 3. The number of carbonyl (C=O) groups is 2. The molecule has 1 N–H and O–H groups in total.